The summed E-state index contributed by atoms with van der Waals surface area (Å²) in [6.07, 6.45) is 7.45. The van der Waals surface area contributed by atoms with E-state index in [4.69, 9.17) is 5.73 Å². The van der Waals surface area contributed by atoms with Crippen LogP contribution in [0, 0.1) is 0 Å². The molecule has 0 bridgehead atoms. The molecular weight excluding hydrogens is 320 g/mol. The highest BCUT2D eigenvalue weighted by Gasteiger charge is 2.14. The summed E-state index contributed by atoms with van der Waals surface area (Å²) in [6, 6.07) is 2.99. The van der Waals surface area contributed by atoms with Gasteiger partial charge in [0, 0.05) is 32.1 Å². The van der Waals surface area contributed by atoms with E-state index in [0.29, 0.717) is 6.54 Å². The van der Waals surface area contributed by atoms with Crippen LogP contribution in [0.25, 0.3) is 0 Å². The van der Waals surface area contributed by atoms with Gasteiger partial charge in [0.25, 0.3) is 5.91 Å². The van der Waals surface area contributed by atoms with Crippen molar-refractivity contribution in [2.45, 2.75) is 45.1 Å². The third kappa shape index (κ3) is 4.20. The van der Waals surface area contributed by atoms with Crippen LogP contribution in [0.1, 0.15) is 58.2 Å². The lowest BCUT2D eigenvalue weighted by Gasteiger charge is -2.07. The van der Waals surface area contributed by atoms with Crippen LogP contribution in [0.2, 0.25) is 0 Å². The van der Waals surface area contributed by atoms with E-state index in [1.807, 2.05) is 0 Å². The number of carbonyl (C=O) groups is 2. The molecule has 8 heteroatoms. The summed E-state index contributed by atoms with van der Waals surface area (Å²) in [5.41, 5.74) is 5.70. The number of nitrogens with zero attached hydrogens (tertiary/aromatic N) is 4. The first-order valence-corrected chi connectivity index (χ1v) is 8.60. The van der Waals surface area contributed by atoms with Crippen molar-refractivity contribution in [3.05, 3.63) is 41.2 Å². The number of fused-ring (bicyclic) bond motifs is 1. The molecule has 0 unspecified atom stereocenters. The fraction of sp³-hybridized carbons (Fsp3) is 0.471. The number of hydrogen-bond acceptors (Lipinski definition) is 5. The van der Waals surface area contributed by atoms with Crippen LogP contribution < -0.4 is 11.1 Å². The molecule has 0 aliphatic carbocycles. The largest absolute Gasteiger partial charge is 0.366 e. The molecule has 25 heavy (non-hydrogen) atoms. The van der Waals surface area contributed by atoms with E-state index < -0.39 is 5.91 Å². The number of amides is 2. The Kier molecular flexibility index (Phi) is 5.37. The molecule has 2 aromatic rings. The van der Waals surface area contributed by atoms with Gasteiger partial charge in [-0.05, 0) is 31.4 Å². The summed E-state index contributed by atoms with van der Waals surface area (Å²) >= 11 is 0. The summed E-state index contributed by atoms with van der Waals surface area (Å²) < 4.78 is 2.22. The van der Waals surface area contributed by atoms with Gasteiger partial charge in [-0.1, -0.05) is 6.42 Å². The predicted molar refractivity (Wildman–Crippen MR) is 91.0 cm³/mol. The number of carbonyl (C=O) groups excluding carboxylic acids is 2. The van der Waals surface area contributed by atoms with Crippen molar-refractivity contribution in [3.8, 4) is 0 Å². The minimum atomic E-state index is -0.563. The molecule has 2 amide bonds. The average Bonchev–Trinajstić information content (AvgIpc) is 2.85. The first-order chi connectivity index (χ1) is 12.1. The molecule has 0 saturated heterocycles. The molecule has 3 N–H and O–H groups in total. The van der Waals surface area contributed by atoms with Gasteiger partial charge in [-0.15, -0.1) is 10.2 Å². The second kappa shape index (κ2) is 7.87. The fourth-order valence-electron chi connectivity index (χ4n) is 2.94. The third-order valence-corrected chi connectivity index (χ3v) is 4.33. The van der Waals surface area contributed by atoms with E-state index in [1.165, 1.54) is 37.6 Å². The summed E-state index contributed by atoms with van der Waals surface area (Å²) in [6.45, 7) is 1.51. The summed E-state index contributed by atoms with van der Waals surface area (Å²) in [7, 11) is 0. The Morgan fingerprint density at radius 2 is 2.08 bits per heavy atom. The zero-order valence-corrected chi connectivity index (χ0v) is 14.1. The molecule has 0 fully saturated rings. The number of primary amides is 1. The molecule has 0 aromatic carbocycles. The molecule has 132 valence electrons. The molecule has 3 rings (SSSR count). The van der Waals surface area contributed by atoms with Gasteiger partial charge in [0.15, 0.2) is 0 Å². The fourth-order valence-corrected chi connectivity index (χ4v) is 2.94. The summed E-state index contributed by atoms with van der Waals surface area (Å²) in [4.78, 5) is 27.0. The molecule has 0 radical (unpaired) electrons. The maximum absolute atomic E-state index is 12.0. The quantitative estimate of drug-likeness (QED) is 0.755. The van der Waals surface area contributed by atoms with Crippen molar-refractivity contribution < 1.29 is 9.59 Å². The highest BCUT2D eigenvalue weighted by atomic mass is 16.2. The van der Waals surface area contributed by atoms with Gasteiger partial charge in [-0.25, -0.2) is 0 Å². The van der Waals surface area contributed by atoms with Crippen LogP contribution >= 0.6 is 0 Å². The number of nitrogens with two attached hydrogens (primary N) is 1. The highest BCUT2D eigenvalue weighted by molar-refractivity contribution is 5.95. The Balaban J connectivity index is 1.47. The van der Waals surface area contributed by atoms with Crippen molar-refractivity contribution in [1.82, 2.24) is 25.1 Å². The number of aromatic nitrogens is 4. The van der Waals surface area contributed by atoms with Gasteiger partial charge < -0.3 is 15.6 Å². The number of hydrogen-bond donors (Lipinski definition) is 2. The topological polar surface area (TPSA) is 116 Å². The summed E-state index contributed by atoms with van der Waals surface area (Å²) in [5.74, 6) is 1.24. The maximum atomic E-state index is 12.0. The minimum absolute atomic E-state index is 0.265. The molecule has 1 aliphatic rings. The Hall–Kier alpha value is -2.77. The lowest BCUT2D eigenvalue weighted by Crippen LogP contribution is -2.26. The lowest BCUT2D eigenvalue weighted by molar-refractivity contribution is 0.0945. The number of pyridine rings is 1. The van der Waals surface area contributed by atoms with Crippen molar-refractivity contribution in [2.24, 2.45) is 5.73 Å². The van der Waals surface area contributed by atoms with Crippen LogP contribution in [-0.2, 0) is 19.4 Å². The van der Waals surface area contributed by atoms with Crippen LogP contribution in [0.5, 0.6) is 0 Å². The number of nitrogens with one attached hydrogen (secondary N) is 1. The van der Waals surface area contributed by atoms with Crippen LogP contribution in [-0.4, -0.2) is 38.1 Å². The highest BCUT2D eigenvalue weighted by Crippen LogP contribution is 2.15. The molecule has 8 nitrogen and oxygen atoms in total. The minimum Gasteiger partial charge on any atom is -0.366 e. The average molecular weight is 342 g/mol. The Morgan fingerprint density at radius 1 is 1.20 bits per heavy atom. The molecule has 2 aromatic heterocycles. The normalized spacial score (nSPS) is 13.8. The SMILES string of the molecule is NC(=O)c1ccc(C(=O)NCCCc2nnc3n2CCCCC3)nc1. The smallest absolute Gasteiger partial charge is 0.269 e. The monoisotopic (exact) mass is 342 g/mol. The predicted octanol–water partition coefficient (Wildman–Crippen LogP) is 0.861. The molecule has 0 saturated carbocycles. The third-order valence-electron chi connectivity index (χ3n) is 4.33. The van der Waals surface area contributed by atoms with Gasteiger partial charge in [0.1, 0.15) is 17.3 Å². The molecule has 0 atom stereocenters. The van der Waals surface area contributed by atoms with Gasteiger partial charge in [0.05, 0.1) is 5.56 Å². The lowest BCUT2D eigenvalue weighted by atomic mass is 10.2. The Bertz CT molecular complexity index is 753. The van der Waals surface area contributed by atoms with Gasteiger partial charge in [-0.2, -0.15) is 0 Å². The van der Waals surface area contributed by atoms with Crippen LogP contribution in [0.4, 0.5) is 0 Å². The second-order valence-electron chi connectivity index (χ2n) is 6.15. The molecule has 1 aliphatic heterocycles. The van der Waals surface area contributed by atoms with Crippen LogP contribution in [0.15, 0.2) is 18.3 Å². The molecule has 3 heterocycles. The van der Waals surface area contributed by atoms with Crippen molar-refractivity contribution in [3.63, 3.8) is 0 Å². The molecule has 0 spiro atoms. The molecular formula is C17H22N6O2. The van der Waals surface area contributed by atoms with Gasteiger partial charge in [0.2, 0.25) is 5.91 Å². The van der Waals surface area contributed by atoms with Crippen LogP contribution in [0.3, 0.4) is 0 Å². The maximum Gasteiger partial charge on any atom is 0.269 e. The van der Waals surface area contributed by atoms with Crippen molar-refractivity contribution in [1.29, 1.82) is 0 Å². The standard InChI is InChI=1S/C17H22N6O2/c18-16(24)12-7-8-13(20-11-12)17(25)19-9-4-6-15-22-21-14-5-2-1-3-10-23(14)15/h7-8,11H,1-6,9-10H2,(H2,18,24)(H,19,25). The van der Waals surface area contributed by atoms with E-state index in [-0.39, 0.29) is 17.2 Å². The van der Waals surface area contributed by atoms with E-state index in [1.54, 1.807) is 0 Å². The van der Waals surface area contributed by atoms with E-state index in [0.717, 1.165) is 37.5 Å². The van der Waals surface area contributed by atoms with Gasteiger partial charge in [-0.3, -0.25) is 14.6 Å². The number of aryl methyl sites for hydroxylation is 2. The Morgan fingerprint density at radius 3 is 2.84 bits per heavy atom. The zero-order valence-electron chi connectivity index (χ0n) is 14.1. The van der Waals surface area contributed by atoms with E-state index in [2.05, 4.69) is 25.1 Å². The van der Waals surface area contributed by atoms with Crippen molar-refractivity contribution >= 4 is 11.8 Å². The summed E-state index contributed by atoms with van der Waals surface area (Å²) in [5, 5.41) is 11.4. The van der Waals surface area contributed by atoms with Crippen molar-refractivity contribution in [2.75, 3.05) is 6.54 Å². The van der Waals surface area contributed by atoms with Gasteiger partial charge >= 0.3 is 0 Å². The second-order valence-corrected chi connectivity index (χ2v) is 6.15. The zero-order chi connectivity index (χ0) is 17.6. The first kappa shape index (κ1) is 17.1. The Labute approximate surface area is 145 Å². The number of rotatable bonds is 6. The van der Waals surface area contributed by atoms with E-state index in [9.17, 15) is 9.59 Å². The first-order valence-electron chi connectivity index (χ1n) is 8.60. The van der Waals surface area contributed by atoms with E-state index >= 15 is 0 Å².